The maximum atomic E-state index is 11.1. The summed E-state index contributed by atoms with van der Waals surface area (Å²) in [7, 11) is 0. The first-order valence-electron chi connectivity index (χ1n) is 8.80. The number of amides is 1. The van der Waals surface area contributed by atoms with Crippen molar-refractivity contribution in [3.05, 3.63) is 65.5 Å². The lowest BCUT2D eigenvalue weighted by atomic mass is 10.1. The number of imidazole rings is 1. The van der Waals surface area contributed by atoms with Crippen LogP contribution in [0.3, 0.4) is 0 Å². The topological polar surface area (TPSA) is 79.2 Å². The number of hydroxylamine groups is 1. The number of carbonyl (C=O) groups is 1. The fourth-order valence-electron chi connectivity index (χ4n) is 3.04. The zero-order chi connectivity index (χ0) is 18.4. The van der Waals surface area contributed by atoms with Gasteiger partial charge in [0.15, 0.2) is 0 Å². The van der Waals surface area contributed by atoms with Crippen LogP contribution in [0, 0.1) is 6.92 Å². The van der Waals surface area contributed by atoms with Crippen molar-refractivity contribution in [2.45, 2.75) is 32.9 Å². The van der Waals surface area contributed by atoms with Crippen molar-refractivity contribution < 1.29 is 10.0 Å². The van der Waals surface area contributed by atoms with Gasteiger partial charge in [-0.1, -0.05) is 36.4 Å². The van der Waals surface area contributed by atoms with Gasteiger partial charge in [-0.15, -0.1) is 0 Å². The second-order valence-electron chi connectivity index (χ2n) is 6.33. The number of rotatable bonds is 8. The molecule has 0 spiro atoms. The van der Waals surface area contributed by atoms with E-state index < -0.39 is 0 Å². The van der Waals surface area contributed by atoms with Crippen molar-refractivity contribution in [3.63, 3.8) is 0 Å². The lowest BCUT2D eigenvalue weighted by Gasteiger charge is -2.09. The van der Waals surface area contributed by atoms with Crippen LogP contribution in [0.15, 0.2) is 48.5 Å². The molecule has 6 nitrogen and oxygen atoms in total. The van der Waals surface area contributed by atoms with Gasteiger partial charge in [0.1, 0.15) is 5.82 Å². The summed E-state index contributed by atoms with van der Waals surface area (Å²) >= 11 is 0. The monoisotopic (exact) mass is 352 g/mol. The van der Waals surface area contributed by atoms with E-state index in [4.69, 9.17) is 5.21 Å². The predicted molar refractivity (Wildman–Crippen MR) is 101 cm³/mol. The first-order chi connectivity index (χ1) is 12.7. The summed E-state index contributed by atoms with van der Waals surface area (Å²) < 4.78 is 2.23. The molecule has 0 saturated carbocycles. The Hall–Kier alpha value is -2.70. The molecule has 0 fully saturated rings. The summed E-state index contributed by atoms with van der Waals surface area (Å²) in [5.74, 6) is 0.669. The molecular weight excluding hydrogens is 328 g/mol. The minimum absolute atomic E-state index is 0.284. The molecule has 3 N–H and O–H groups in total. The molecule has 1 amide bonds. The second-order valence-corrected chi connectivity index (χ2v) is 6.33. The Morgan fingerprint density at radius 1 is 1.12 bits per heavy atom. The first-order valence-corrected chi connectivity index (χ1v) is 8.80. The predicted octanol–water partition coefficient (Wildman–Crippen LogP) is 2.57. The molecule has 0 saturated heterocycles. The Bertz CT molecular complexity index is 871. The van der Waals surface area contributed by atoms with Crippen molar-refractivity contribution in [1.29, 1.82) is 0 Å². The molecule has 0 bridgehead atoms. The summed E-state index contributed by atoms with van der Waals surface area (Å²) in [6.07, 6.45) is 0.902. The van der Waals surface area contributed by atoms with Crippen LogP contribution < -0.4 is 10.8 Å². The van der Waals surface area contributed by atoms with Crippen molar-refractivity contribution >= 4 is 16.9 Å². The average Bonchev–Trinajstić information content (AvgIpc) is 2.99. The van der Waals surface area contributed by atoms with Gasteiger partial charge < -0.3 is 9.88 Å². The molecule has 0 aliphatic carbocycles. The minimum atomic E-state index is -0.363. The van der Waals surface area contributed by atoms with Gasteiger partial charge in [0.25, 0.3) is 0 Å². The molecule has 26 heavy (non-hydrogen) atoms. The lowest BCUT2D eigenvalue weighted by molar-refractivity contribution is -0.129. The van der Waals surface area contributed by atoms with E-state index in [1.165, 1.54) is 11.1 Å². The molecule has 1 aromatic heterocycles. The van der Waals surface area contributed by atoms with Gasteiger partial charge in [-0.3, -0.25) is 10.0 Å². The lowest BCUT2D eigenvalue weighted by Crippen LogP contribution is -2.20. The number of aryl methyl sites for hydroxylation is 2. The molecule has 2 aromatic carbocycles. The Labute approximate surface area is 152 Å². The Kier molecular flexibility index (Phi) is 5.99. The van der Waals surface area contributed by atoms with E-state index in [-0.39, 0.29) is 12.3 Å². The van der Waals surface area contributed by atoms with Crippen LogP contribution in [0.1, 0.15) is 23.4 Å². The smallest absolute Gasteiger partial charge is 0.243 e. The molecular formula is C20H24N4O2. The van der Waals surface area contributed by atoms with E-state index in [0.29, 0.717) is 6.42 Å². The summed E-state index contributed by atoms with van der Waals surface area (Å²) in [5, 5.41) is 12.0. The highest BCUT2D eigenvalue weighted by Gasteiger charge is 2.06. The normalized spacial score (nSPS) is 11.0. The largest absolute Gasteiger partial charge is 0.327 e. The molecule has 136 valence electrons. The highest BCUT2D eigenvalue weighted by Crippen LogP contribution is 2.14. The molecule has 1 heterocycles. The summed E-state index contributed by atoms with van der Waals surface area (Å²) in [5.41, 5.74) is 6.14. The summed E-state index contributed by atoms with van der Waals surface area (Å²) in [6.45, 7) is 4.57. The molecule has 0 unspecified atom stereocenters. The van der Waals surface area contributed by atoms with E-state index in [2.05, 4.69) is 33.1 Å². The Morgan fingerprint density at radius 2 is 1.85 bits per heavy atom. The van der Waals surface area contributed by atoms with Crippen LogP contribution in [-0.4, -0.2) is 27.2 Å². The molecule has 6 heteroatoms. The number of carbonyl (C=O) groups excluding carboxylic acids is 1. The average molecular weight is 352 g/mol. The second kappa shape index (κ2) is 8.60. The van der Waals surface area contributed by atoms with Crippen LogP contribution in [0.5, 0.6) is 0 Å². The van der Waals surface area contributed by atoms with Gasteiger partial charge in [-0.05, 0) is 36.6 Å². The standard InChI is InChI=1S/C20H24N4O2/c1-15-22-18-4-2-3-5-19(18)24(15)13-12-21-14-17-8-6-16(7-9-17)10-11-20(25)23-26/h2-9,21,26H,10-14H2,1H3,(H,23,25). The third kappa shape index (κ3) is 4.47. The van der Waals surface area contributed by atoms with Gasteiger partial charge in [-0.25, -0.2) is 10.5 Å². The van der Waals surface area contributed by atoms with Crippen LogP contribution in [0.2, 0.25) is 0 Å². The Balaban J connectivity index is 1.47. The minimum Gasteiger partial charge on any atom is -0.327 e. The van der Waals surface area contributed by atoms with Gasteiger partial charge in [-0.2, -0.15) is 0 Å². The highest BCUT2D eigenvalue weighted by molar-refractivity contribution is 5.76. The molecule has 3 aromatic rings. The van der Waals surface area contributed by atoms with Crippen LogP contribution in [0.4, 0.5) is 0 Å². The van der Waals surface area contributed by atoms with E-state index >= 15 is 0 Å². The number of para-hydroxylation sites is 2. The first kappa shape index (κ1) is 18.1. The van der Waals surface area contributed by atoms with Crippen LogP contribution in [0.25, 0.3) is 11.0 Å². The molecule has 0 radical (unpaired) electrons. The number of hydrogen-bond donors (Lipinski definition) is 3. The van der Waals surface area contributed by atoms with Crippen molar-refractivity contribution in [2.24, 2.45) is 0 Å². The zero-order valence-electron chi connectivity index (χ0n) is 14.9. The van der Waals surface area contributed by atoms with E-state index in [1.54, 1.807) is 5.48 Å². The van der Waals surface area contributed by atoms with Gasteiger partial charge in [0.2, 0.25) is 5.91 Å². The zero-order valence-corrected chi connectivity index (χ0v) is 14.9. The maximum Gasteiger partial charge on any atom is 0.243 e. The van der Waals surface area contributed by atoms with Gasteiger partial charge >= 0.3 is 0 Å². The van der Waals surface area contributed by atoms with Crippen LogP contribution >= 0.6 is 0 Å². The maximum absolute atomic E-state index is 11.1. The third-order valence-electron chi connectivity index (χ3n) is 4.48. The molecule has 0 atom stereocenters. The fourth-order valence-corrected chi connectivity index (χ4v) is 3.04. The number of nitrogens with zero attached hydrogens (tertiary/aromatic N) is 2. The van der Waals surface area contributed by atoms with Crippen molar-refractivity contribution in [2.75, 3.05) is 6.54 Å². The molecule has 0 aliphatic heterocycles. The quantitative estimate of drug-likeness (QED) is 0.331. The van der Waals surface area contributed by atoms with Crippen molar-refractivity contribution in [1.82, 2.24) is 20.3 Å². The SMILES string of the molecule is Cc1nc2ccccc2n1CCNCc1ccc(CCC(=O)NO)cc1. The van der Waals surface area contributed by atoms with E-state index in [0.717, 1.165) is 36.5 Å². The number of benzene rings is 2. The molecule has 0 aliphatic rings. The number of hydrogen-bond acceptors (Lipinski definition) is 4. The van der Waals surface area contributed by atoms with Gasteiger partial charge in [0.05, 0.1) is 11.0 Å². The van der Waals surface area contributed by atoms with E-state index in [9.17, 15) is 4.79 Å². The van der Waals surface area contributed by atoms with Gasteiger partial charge in [0, 0.05) is 26.1 Å². The number of nitrogens with one attached hydrogen (secondary N) is 2. The number of aromatic nitrogens is 2. The third-order valence-corrected chi connectivity index (χ3v) is 4.48. The summed E-state index contributed by atoms with van der Waals surface area (Å²) in [6, 6.07) is 16.4. The van der Waals surface area contributed by atoms with Crippen LogP contribution in [-0.2, 0) is 24.3 Å². The Morgan fingerprint density at radius 3 is 2.62 bits per heavy atom. The van der Waals surface area contributed by atoms with Crippen molar-refractivity contribution in [3.8, 4) is 0 Å². The van der Waals surface area contributed by atoms with E-state index in [1.807, 2.05) is 37.3 Å². The number of fused-ring (bicyclic) bond motifs is 1. The summed E-state index contributed by atoms with van der Waals surface area (Å²) in [4.78, 5) is 15.6. The fraction of sp³-hybridized carbons (Fsp3) is 0.300. The highest BCUT2D eigenvalue weighted by atomic mass is 16.5. The molecule has 3 rings (SSSR count).